The Kier molecular flexibility index (Phi) is 5.78. The van der Waals surface area contributed by atoms with Crippen LogP contribution in [-0.2, 0) is 9.84 Å². The van der Waals surface area contributed by atoms with Crippen LogP contribution in [-0.4, -0.2) is 33.8 Å². The summed E-state index contributed by atoms with van der Waals surface area (Å²) in [5, 5.41) is 11.7. The zero-order valence-corrected chi connectivity index (χ0v) is 10.9. The molecule has 0 spiro atoms. The van der Waals surface area contributed by atoms with Gasteiger partial charge in [0.15, 0.2) is 9.84 Å². The second kappa shape index (κ2) is 7.11. The number of sulfone groups is 1. The van der Waals surface area contributed by atoms with Gasteiger partial charge in [-0.05, 0) is 43.8 Å². The molecule has 0 aliphatic rings. The van der Waals surface area contributed by atoms with E-state index in [1.54, 1.807) is 0 Å². The lowest BCUT2D eigenvalue weighted by atomic mass is 10.2. The predicted octanol–water partition coefficient (Wildman–Crippen LogP) is 0.270. The highest BCUT2D eigenvalue weighted by molar-refractivity contribution is 7.91. The van der Waals surface area contributed by atoms with E-state index in [9.17, 15) is 8.42 Å². The van der Waals surface area contributed by atoms with Crippen molar-refractivity contribution in [2.24, 2.45) is 5.73 Å². The van der Waals surface area contributed by atoms with E-state index >= 15 is 0 Å². The summed E-state index contributed by atoms with van der Waals surface area (Å²) in [7, 11) is -3.28. The van der Waals surface area contributed by atoms with E-state index in [0.717, 1.165) is 13.0 Å². The van der Waals surface area contributed by atoms with Crippen molar-refractivity contribution in [1.82, 2.24) is 5.32 Å². The van der Waals surface area contributed by atoms with Gasteiger partial charge in [0.2, 0.25) is 0 Å². The maximum absolute atomic E-state index is 11.9. The molecule has 5 nitrogen and oxygen atoms in total. The highest BCUT2D eigenvalue weighted by atomic mass is 32.2. The van der Waals surface area contributed by atoms with E-state index in [1.165, 1.54) is 24.3 Å². The van der Waals surface area contributed by atoms with Gasteiger partial charge in [-0.3, -0.25) is 0 Å². The molecule has 0 aliphatic carbocycles. The Bertz CT molecular complexity index is 503. The molecule has 0 amide bonds. The molecule has 0 fully saturated rings. The van der Waals surface area contributed by atoms with Crippen molar-refractivity contribution < 1.29 is 8.42 Å². The summed E-state index contributed by atoms with van der Waals surface area (Å²) in [4.78, 5) is 0.252. The van der Waals surface area contributed by atoms with E-state index in [0.29, 0.717) is 18.7 Å². The Hall–Kier alpha value is -1.42. The molecule has 1 aromatic carbocycles. The summed E-state index contributed by atoms with van der Waals surface area (Å²) in [6.07, 6.45) is 0.830. The third kappa shape index (κ3) is 4.45. The average molecular weight is 267 g/mol. The molecular weight excluding hydrogens is 250 g/mol. The van der Waals surface area contributed by atoms with E-state index in [-0.39, 0.29) is 10.6 Å². The number of nitrogens with one attached hydrogen (secondary N) is 1. The minimum absolute atomic E-state index is 0.0451. The number of nitrogens with two attached hydrogens (primary N) is 1. The number of hydrogen-bond donors (Lipinski definition) is 2. The topological polar surface area (TPSA) is 96.0 Å². The molecule has 0 atom stereocenters. The zero-order chi connectivity index (χ0) is 13.4. The van der Waals surface area contributed by atoms with E-state index in [2.05, 4.69) is 5.32 Å². The Morgan fingerprint density at radius 3 is 2.44 bits per heavy atom. The maximum Gasteiger partial charge on any atom is 0.179 e. The minimum Gasteiger partial charge on any atom is -0.330 e. The first-order valence-electron chi connectivity index (χ1n) is 5.74. The van der Waals surface area contributed by atoms with Crippen LogP contribution in [0.2, 0.25) is 0 Å². The summed E-state index contributed by atoms with van der Waals surface area (Å²) in [5.74, 6) is 0.0451. The predicted molar refractivity (Wildman–Crippen MR) is 69.8 cm³/mol. The van der Waals surface area contributed by atoms with Gasteiger partial charge in [0, 0.05) is 6.54 Å². The fraction of sp³-hybridized carbons (Fsp3) is 0.417. The summed E-state index contributed by atoms with van der Waals surface area (Å²) >= 11 is 0. The molecule has 18 heavy (non-hydrogen) atoms. The van der Waals surface area contributed by atoms with E-state index in [4.69, 9.17) is 11.0 Å². The molecule has 0 saturated carbocycles. The molecule has 0 aliphatic heterocycles. The van der Waals surface area contributed by atoms with Crippen LogP contribution in [0.1, 0.15) is 12.0 Å². The maximum atomic E-state index is 11.9. The normalized spacial score (nSPS) is 11.1. The van der Waals surface area contributed by atoms with Crippen molar-refractivity contribution >= 4 is 9.84 Å². The second-order valence-corrected chi connectivity index (χ2v) is 5.96. The zero-order valence-electron chi connectivity index (χ0n) is 10.1. The number of hydrogen-bond acceptors (Lipinski definition) is 5. The van der Waals surface area contributed by atoms with Crippen LogP contribution < -0.4 is 11.1 Å². The van der Waals surface area contributed by atoms with Gasteiger partial charge in [-0.25, -0.2) is 8.42 Å². The molecular formula is C12H17N3O2S. The molecule has 0 aromatic heterocycles. The van der Waals surface area contributed by atoms with Crippen LogP contribution in [0.4, 0.5) is 0 Å². The highest BCUT2D eigenvalue weighted by Gasteiger charge is 2.13. The third-order valence-corrected chi connectivity index (χ3v) is 4.18. The largest absolute Gasteiger partial charge is 0.330 e. The van der Waals surface area contributed by atoms with Crippen molar-refractivity contribution in [1.29, 1.82) is 5.26 Å². The van der Waals surface area contributed by atoms with E-state index in [1.807, 2.05) is 6.07 Å². The fourth-order valence-electron chi connectivity index (χ4n) is 1.41. The first-order chi connectivity index (χ1) is 8.60. The van der Waals surface area contributed by atoms with Gasteiger partial charge in [-0.2, -0.15) is 5.26 Å². The third-order valence-electron chi connectivity index (χ3n) is 2.45. The van der Waals surface area contributed by atoms with Gasteiger partial charge in [0.25, 0.3) is 0 Å². The second-order valence-electron chi connectivity index (χ2n) is 3.85. The van der Waals surface area contributed by atoms with Crippen LogP contribution in [0.3, 0.4) is 0 Å². The Morgan fingerprint density at radius 1 is 1.22 bits per heavy atom. The number of benzene rings is 1. The van der Waals surface area contributed by atoms with Crippen LogP contribution in [0.5, 0.6) is 0 Å². The molecule has 1 rings (SSSR count). The number of nitrogens with zero attached hydrogens (tertiary/aromatic N) is 1. The number of nitriles is 1. The van der Waals surface area contributed by atoms with Crippen LogP contribution in [0, 0.1) is 11.3 Å². The van der Waals surface area contributed by atoms with Gasteiger partial charge in [0.1, 0.15) is 0 Å². The van der Waals surface area contributed by atoms with Gasteiger partial charge in [-0.15, -0.1) is 0 Å². The summed E-state index contributed by atoms with van der Waals surface area (Å²) in [5.41, 5.74) is 5.78. The molecule has 98 valence electrons. The van der Waals surface area contributed by atoms with Crippen LogP contribution in [0.15, 0.2) is 29.2 Å². The Labute approximate surface area is 108 Å². The van der Waals surface area contributed by atoms with Crippen molar-refractivity contribution in [2.45, 2.75) is 11.3 Å². The Balaban J connectivity index is 2.55. The molecule has 0 unspecified atom stereocenters. The smallest absolute Gasteiger partial charge is 0.179 e. The van der Waals surface area contributed by atoms with Gasteiger partial charge in [0.05, 0.1) is 22.3 Å². The van der Waals surface area contributed by atoms with Crippen molar-refractivity contribution in [3.63, 3.8) is 0 Å². The van der Waals surface area contributed by atoms with Crippen molar-refractivity contribution in [2.75, 3.05) is 25.4 Å². The lowest BCUT2D eigenvalue weighted by Crippen LogP contribution is -2.25. The number of rotatable bonds is 7. The van der Waals surface area contributed by atoms with E-state index < -0.39 is 9.84 Å². The van der Waals surface area contributed by atoms with Crippen molar-refractivity contribution in [3.05, 3.63) is 29.8 Å². The van der Waals surface area contributed by atoms with Crippen LogP contribution in [0.25, 0.3) is 0 Å². The highest BCUT2D eigenvalue weighted by Crippen LogP contribution is 2.11. The average Bonchev–Trinajstić information content (AvgIpc) is 2.38. The summed E-state index contributed by atoms with van der Waals surface area (Å²) in [6.45, 7) is 1.72. The monoisotopic (exact) mass is 267 g/mol. The lowest BCUT2D eigenvalue weighted by Gasteiger charge is -2.05. The molecule has 0 bridgehead atoms. The van der Waals surface area contributed by atoms with Gasteiger partial charge in [-0.1, -0.05) is 0 Å². The quantitative estimate of drug-likeness (QED) is 0.691. The molecule has 0 radical (unpaired) electrons. The van der Waals surface area contributed by atoms with Gasteiger partial charge < -0.3 is 11.1 Å². The van der Waals surface area contributed by atoms with Crippen LogP contribution >= 0.6 is 0 Å². The first-order valence-corrected chi connectivity index (χ1v) is 7.39. The fourth-order valence-corrected chi connectivity index (χ4v) is 2.61. The summed E-state index contributed by atoms with van der Waals surface area (Å²) in [6, 6.07) is 7.90. The molecule has 0 heterocycles. The molecule has 1 aromatic rings. The minimum atomic E-state index is -3.28. The molecule has 0 saturated heterocycles. The SMILES string of the molecule is N#Cc1ccc(S(=O)(=O)CCNCCCN)cc1. The molecule has 6 heteroatoms. The van der Waals surface area contributed by atoms with Crippen molar-refractivity contribution in [3.8, 4) is 6.07 Å². The standard InChI is InChI=1S/C12H17N3O2S/c13-6-1-7-15-8-9-18(16,17)12-4-2-11(10-14)3-5-12/h2-5,15H,1,6-9,13H2. The van der Waals surface area contributed by atoms with Gasteiger partial charge >= 0.3 is 0 Å². The Morgan fingerprint density at radius 2 is 1.89 bits per heavy atom. The first kappa shape index (κ1) is 14.6. The lowest BCUT2D eigenvalue weighted by molar-refractivity contribution is 0.589. The molecule has 3 N–H and O–H groups in total. The summed E-state index contributed by atoms with van der Waals surface area (Å²) < 4.78 is 23.8.